The van der Waals surface area contributed by atoms with E-state index < -0.39 is 0 Å². The standard InChI is InChI=1S/C54H76N12/c1-4-55-27-43-15-45-19-46(16-43)30-58-6-8-62(40-58)34-50-22-52-26-54(24-50)38-66-14-13-65(66)37-53-23-49(33-61-7-5-57(29-45)39-61)21-51(25-53)35-63-11-9-59(41-63)31-47-17-44(28-56(2)3)18-48(20-47)32-60-10-12-64(36-52)42-60/h15-26,55H,4-14,27-42H2,1-3H3. The van der Waals surface area contributed by atoms with Crippen LogP contribution in [0.4, 0.5) is 0 Å². The predicted molar refractivity (Wildman–Crippen MR) is 264 cm³/mol. The van der Waals surface area contributed by atoms with Gasteiger partial charge in [0.1, 0.15) is 0 Å². The summed E-state index contributed by atoms with van der Waals surface area (Å²) in [4.78, 5) is 23.8. The smallest absolute Gasteiger partial charge is 0.0513 e. The van der Waals surface area contributed by atoms with Gasteiger partial charge < -0.3 is 10.2 Å². The van der Waals surface area contributed by atoms with Crippen molar-refractivity contribution in [3.8, 4) is 0 Å². The molecule has 5 fully saturated rings. The van der Waals surface area contributed by atoms with E-state index in [0.29, 0.717) is 0 Å². The van der Waals surface area contributed by atoms with Gasteiger partial charge in [-0.2, -0.15) is 0 Å². The molecule has 8 atom stereocenters. The van der Waals surface area contributed by atoms with Gasteiger partial charge in [0.25, 0.3) is 0 Å². The molecule has 0 aliphatic carbocycles. The molecule has 7 aliphatic rings. The number of hydrogen-bond acceptors (Lipinski definition) is 12. The van der Waals surface area contributed by atoms with Crippen LogP contribution >= 0.6 is 0 Å². The largest absolute Gasteiger partial charge is 0.313 e. The van der Waals surface area contributed by atoms with Crippen LogP contribution in [0.25, 0.3) is 0 Å². The van der Waals surface area contributed by atoms with Crippen LogP contribution in [0.2, 0.25) is 0 Å². The molecule has 7 heterocycles. The molecule has 0 radical (unpaired) electrons. The summed E-state index contributed by atoms with van der Waals surface area (Å²) in [5.41, 5.74) is 17.5. The van der Waals surface area contributed by atoms with E-state index in [1.807, 2.05) is 0 Å². The van der Waals surface area contributed by atoms with Crippen molar-refractivity contribution >= 4 is 0 Å². The van der Waals surface area contributed by atoms with E-state index in [1.165, 1.54) is 66.8 Å². The molecular weight excluding hydrogens is 817 g/mol. The molecule has 66 heavy (non-hydrogen) atoms. The number of nitrogens with one attached hydrogen (secondary N) is 1. The van der Waals surface area contributed by atoms with Crippen molar-refractivity contribution in [3.63, 3.8) is 0 Å². The molecule has 7 aliphatic heterocycles. The third-order valence-electron chi connectivity index (χ3n) is 15.1. The Labute approximate surface area is 395 Å². The van der Waals surface area contributed by atoms with Gasteiger partial charge >= 0.3 is 0 Å². The Morgan fingerprint density at radius 2 is 0.606 bits per heavy atom. The van der Waals surface area contributed by atoms with E-state index in [1.54, 1.807) is 0 Å². The molecule has 18 bridgehead atoms. The molecule has 12 nitrogen and oxygen atoms in total. The number of hydrogen-bond donors (Lipinski definition) is 1. The first-order valence-electron chi connectivity index (χ1n) is 25.4. The average molecular weight is 893 g/mol. The molecule has 4 aromatic rings. The number of benzene rings is 4. The summed E-state index contributed by atoms with van der Waals surface area (Å²) in [6, 6.07) is 30.2. The molecular formula is C54H76N12. The molecule has 0 spiro atoms. The summed E-state index contributed by atoms with van der Waals surface area (Å²) < 4.78 is 0. The number of rotatable bonds is 5. The van der Waals surface area contributed by atoms with E-state index in [-0.39, 0.29) is 0 Å². The third kappa shape index (κ3) is 11.3. The highest BCUT2D eigenvalue weighted by Gasteiger charge is 2.29. The van der Waals surface area contributed by atoms with E-state index >= 15 is 0 Å². The lowest BCUT2D eigenvalue weighted by molar-refractivity contribution is -0.126. The van der Waals surface area contributed by atoms with Gasteiger partial charge in [0.2, 0.25) is 0 Å². The molecule has 5 saturated heterocycles. The molecule has 0 saturated carbocycles. The fourth-order valence-corrected chi connectivity index (χ4v) is 12.2. The van der Waals surface area contributed by atoms with Crippen molar-refractivity contribution in [3.05, 3.63) is 140 Å². The molecule has 8 unspecified atom stereocenters. The van der Waals surface area contributed by atoms with E-state index in [0.717, 1.165) is 177 Å². The zero-order valence-corrected chi connectivity index (χ0v) is 40.4. The van der Waals surface area contributed by atoms with Gasteiger partial charge in [-0.15, -0.1) is 0 Å². The number of nitrogens with zero attached hydrogens (tertiary/aromatic N) is 11. The highest BCUT2D eigenvalue weighted by molar-refractivity contribution is 5.34. The van der Waals surface area contributed by atoms with Crippen molar-refractivity contribution in [1.29, 1.82) is 0 Å². The molecule has 352 valence electrons. The highest BCUT2D eigenvalue weighted by Crippen LogP contribution is 2.28. The Balaban J connectivity index is 0.936. The molecule has 11 rings (SSSR count). The molecule has 4 aromatic carbocycles. The second kappa shape index (κ2) is 20.2. The maximum atomic E-state index is 3.62. The minimum Gasteiger partial charge on any atom is -0.313 e. The van der Waals surface area contributed by atoms with Crippen LogP contribution < -0.4 is 5.32 Å². The van der Waals surface area contributed by atoms with E-state index in [9.17, 15) is 0 Å². The Hall–Kier alpha value is -3.60. The Bertz CT molecular complexity index is 2170. The average Bonchev–Trinajstić information content (AvgIpc) is 4.10. The van der Waals surface area contributed by atoms with Gasteiger partial charge in [0.15, 0.2) is 0 Å². The van der Waals surface area contributed by atoms with Crippen LogP contribution in [0.5, 0.6) is 0 Å². The SMILES string of the molecule is CCNCc1cc2cc(c1)CN1CCN(Cc3cc4cc(c3)CN3CCN3Cc3cc(cc(c3)CN3CCN(Cc5cc(CN(C)C)cc(c5)CN5CCN(C4)C5)C3)CN3CCN(C2)C3)C1. The number of hydrazine groups is 1. The normalized spacial score (nSPS) is 29.5. The van der Waals surface area contributed by atoms with Crippen molar-refractivity contribution in [2.45, 2.75) is 85.5 Å². The fraction of sp³-hybridized carbons (Fsp3) is 0.556. The van der Waals surface area contributed by atoms with Crippen molar-refractivity contribution < 1.29 is 0 Å². The summed E-state index contributed by atoms with van der Waals surface area (Å²) in [5, 5.41) is 8.88. The minimum absolute atomic E-state index is 0.929. The highest BCUT2D eigenvalue weighted by atomic mass is 15.7. The molecule has 1 N–H and O–H groups in total. The summed E-state index contributed by atoms with van der Waals surface area (Å²) in [7, 11) is 4.40. The zero-order valence-electron chi connectivity index (χ0n) is 40.4. The first kappa shape index (κ1) is 44.9. The first-order valence-corrected chi connectivity index (χ1v) is 25.4. The lowest BCUT2D eigenvalue weighted by Crippen LogP contribution is -2.55. The van der Waals surface area contributed by atoms with Crippen LogP contribution in [0.15, 0.2) is 72.8 Å². The number of fused-ring (bicyclic) bond motifs is 16. The van der Waals surface area contributed by atoms with Gasteiger partial charge in [-0.25, -0.2) is 10.0 Å². The topological polar surface area (TPSA) is 47.7 Å². The van der Waals surface area contributed by atoms with Gasteiger partial charge in [-0.1, -0.05) is 79.7 Å². The van der Waals surface area contributed by atoms with Gasteiger partial charge in [0, 0.05) is 144 Å². The zero-order chi connectivity index (χ0) is 44.6. The summed E-state index contributed by atoms with van der Waals surface area (Å²) in [5.74, 6) is 0. The summed E-state index contributed by atoms with van der Waals surface area (Å²) >= 11 is 0. The summed E-state index contributed by atoms with van der Waals surface area (Å²) in [6.45, 7) is 30.3. The maximum absolute atomic E-state index is 3.62. The summed E-state index contributed by atoms with van der Waals surface area (Å²) in [6.07, 6.45) is 0. The van der Waals surface area contributed by atoms with Crippen LogP contribution in [0, 0.1) is 0 Å². The Morgan fingerprint density at radius 3 is 0.864 bits per heavy atom. The second-order valence-corrected chi connectivity index (χ2v) is 21.4. The maximum Gasteiger partial charge on any atom is 0.0513 e. The van der Waals surface area contributed by atoms with Gasteiger partial charge in [0.05, 0.1) is 26.7 Å². The lowest BCUT2D eigenvalue weighted by atomic mass is 10.0. The second-order valence-electron chi connectivity index (χ2n) is 21.4. The monoisotopic (exact) mass is 893 g/mol. The quantitative estimate of drug-likeness (QED) is 0.300. The first-order chi connectivity index (χ1) is 32.2. The van der Waals surface area contributed by atoms with Crippen molar-refractivity contribution in [2.75, 3.05) is 113 Å². The lowest BCUT2D eigenvalue weighted by Gasteiger charge is -2.44. The molecule has 0 aromatic heterocycles. The molecule has 0 amide bonds. The molecule has 12 heteroatoms. The van der Waals surface area contributed by atoms with Crippen molar-refractivity contribution in [1.82, 2.24) is 59.4 Å². The van der Waals surface area contributed by atoms with Crippen LogP contribution in [-0.2, 0) is 78.5 Å². The van der Waals surface area contributed by atoms with E-state index in [2.05, 4.69) is 153 Å². The van der Waals surface area contributed by atoms with Crippen molar-refractivity contribution in [2.24, 2.45) is 0 Å². The predicted octanol–water partition coefficient (Wildman–Crippen LogP) is 4.82. The van der Waals surface area contributed by atoms with E-state index in [4.69, 9.17) is 0 Å². The van der Waals surface area contributed by atoms with Gasteiger partial charge in [-0.3, -0.25) is 39.2 Å². The Morgan fingerprint density at radius 1 is 0.348 bits per heavy atom. The minimum atomic E-state index is 0.929. The van der Waals surface area contributed by atoms with Crippen LogP contribution in [-0.4, -0.2) is 167 Å². The van der Waals surface area contributed by atoms with Gasteiger partial charge in [-0.05, 0) is 87.4 Å². The van der Waals surface area contributed by atoms with Crippen LogP contribution in [0.3, 0.4) is 0 Å². The third-order valence-corrected chi connectivity index (χ3v) is 15.1. The fourth-order valence-electron chi connectivity index (χ4n) is 12.2. The van der Waals surface area contributed by atoms with Crippen LogP contribution in [0.1, 0.15) is 73.7 Å². The Kier molecular flexibility index (Phi) is 13.7.